The number of aromatic nitrogens is 1. The number of nitrogens with one attached hydrogen (secondary N) is 2. The van der Waals surface area contributed by atoms with Crippen LogP contribution in [0.3, 0.4) is 0 Å². The molecule has 3 aromatic rings. The highest BCUT2D eigenvalue weighted by Gasteiger charge is 2.49. The third kappa shape index (κ3) is 2.91. The van der Waals surface area contributed by atoms with E-state index >= 15 is 0 Å². The van der Waals surface area contributed by atoms with Gasteiger partial charge in [-0.1, -0.05) is 48.5 Å². The Morgan fingerprint density at radius 2 is 1.82 bits per heavy atom. The van der Waals surface area contributed by atoms with Gasteiger partial charge in [0.1, 0.15) is 18.1 Å². The molecule has 2 aromatic carbocycles. The van der Waals surface area contributed by atoms with Crippen molar-refractivity contribution in [1.82, 2.24) is 4.98 Å². The molecule has 5 nitrogen and oxygen atoms in total. The van der Waals surface area contributed by atoms with Crippen LogP contribution in [0.25, 0.3) is 10.9 Å². The van der Waals surface area contributed by atoms with Crippen molar-refractivity contribution in [1.29, 1.82) is 0 Å². The summed E-state index contributed by atoms with van der Waals surface area (Å²) in [6.45, 7) is 3.11. The highest BCUT2D eigenvalue weighted by atomic mass is 16.4. The molecule has 5 rings (SSSR count). The van der Waals surface area contributed by atoms with Gasteiger partial charge in [0, 0.05) is 22.9 Å². The Hall–Kier alpha value is -2.63. The highest BCUT2D eigenvalue weighted by molar-refractivity contribution is 5.86. The van der Waals surface area contributed by atoms with E-state index in [0.29, 0.717) is 6.42 Å². The summed E-state index contributed by atoms with van der Waals surface area (Å²) in [4.78, 5) is 17.0. The van der Waals surface area contributed by atoms with Crippen LogP contribution in [0.2, 0.25) is 0 Å². The SMILES string of the molecule is O=C([O-])[C@H]1Cc2c([nH]c3ccccc23)C2(CC[NH+](Cc3ccccc3)CC2)[NH2+]1. The standard InChI is InChI=1S/C23H25N3O2/c27-22(28)20-14-18-17-8-4-5-9-19(17)24-21(18)23(25-20)10-12-26(13-11-23)15-16-6-2-1-3-7-16/h1-9,20,24-25H,10-15H2,(H,27,28)/p+1/t20-/m1/s1. The molecule has 1 aromatic heterocycles. The van der Waals surface area contributed by atoms with Gasteiger partial charge in [0.15, 0.2) is 0 Å². The number of aromatic amines is 1. The normalized spacial score (nSPS) is 27.0. The average molecular weight is 376 g/mol. The van der Waals surface area contributed by atoms with Crippen molar-refractivity contribution in [3.8, 4) is 0 Å². The van der Waals surface area contributed by atoms with Crippen LogP contribution >= 0.6 is 0 Å². The van der Waals surface area contributed by atoms with Gasteiger partial charge in [-0.3, -0.25) is 0 Å². The molecule has 4 N–H and O–H groups in total. The van der Waals surface area contributed by atoms with E-state index in [1.54, 1.807) is 4.90 Å². The van der Waals surface area contributed by atoms with Crippen molar-refractivity contribution in [3.05, 3.63) is 71.4 Å². The molecule has 0 aliphatic carbocycles. The van der Waals surface area contributed by atoms with Crippen LogP contribution in [0.1, 0.15) is 29.7 Å². The van der Waals surface area contributed by atoms with Crippen molar-refractivity contribution < 1.29 is 20.1 Å². The number of H-pyrrole nitrogens is 1. The highest BCUT2D eigenvalue weighted by Crippen LogP contribution is 2.36. The summed E-state index contributed by atoms with van der Waals surface area (Å²) >= 11 is 0. The molecule has 0 unspecified atom stereocenters. The lowest BCUT2D eigenvalue weighted by molar-refractivity contribution is -0.933. The summed E-state index contributed by atoms with van der Waals surface area (Å²) < 4.78 is 0. The summed E-state index contributed by atoms with van der Waals surface area (Å²) in [5.41, 5.74) is 4.71. The third-order valence-electron chi connectivity index (χ3n) is 6.70. The van der Waals surface area contributed by atoms with Crippen LogP contribution in [0.15, 0.2) is 54.6 Å². The summed E-state index contributed by atoms with van der Waals surface area (Å²) in [7, 11) is 0. The maximum Gasteiger partial charge on any atom is 0.148 e. The first-order valence-electron chi connectivity index (χ1n) is 10.2. The number of para-hydroxylation sites is 1. The molecule has 0 bridgehead atoms. The number of aliphatic carboxylic acids is 1. The maximum atomic E-state index is 11.8. The van der Waals surface area contributed by atoms with E-state index < -0.39 is 12.0 Å². The van der Waals surface area contributed by atoms with Crippen LogP contribution in [-0.4, -0.2) is 30.1 Å². The molecule has 1 fully saturated rings. The van der Waals surface area contributed by atoms with Crippen molar-refractivity contribution >= 4 is 16.9 Å². The fraction of sp³-hybridized carbons (Fsp3) is 0.348. The lowest BCUT2D eigenvalue weighted by Crippen LogP contribution is -3.15. The first-order chi connectivity index (χ1) is 13.6. The lowest BCUT2D eigenvalue weighted by Gasteiger charge is -2.43. The molecule has 2 aliphatic rings. The van der Waals surface area contributed by atoms with E-state index in [1.165, 1.54) is 16.8 Å². The number of benzene rings is 2. The molecule has 1 spiro atoms. The molecule has 1 saturated heterocycles. The molecule has 5 heteroatoms. The van der Waals surface area contributed by atoms with Gasteiger partial charge in [-0.15, -0.1) is 0 Å². The summed E-state index contributed by atoms with van der Waals surface area (Å²) in [5, 5.41) is 15.0. The van der Waals surface area contributed by atoms with E-state index in [-0.39, 0.29) is 5.54 Å². The van der Waals surface area contributed by atoms with Crippen molar-refractivity contribution in [2.45, 2.75) is 37.4 Å². The number of carboxylic acids is 1. The number of rotatable bonds is 3. The predicted molar refractivity (Wildman–Crippen MR) is 104 cm³/mol. The molecule has 2 aliphatic heterocycles. The molecule has 3 heterocycles. The number of likely N-dealkylation sites (tertiary alicyclic amines) is 1. The van der Waals surface area contributed by atoms with Gasteiger partial charge in [-0.2, -0.15) is 0 Å². The molecule has 0 radical (unpaired) electrons. The number of carboxylic acid groups (broad SMARTS) is 1. The van der Waals surface area contributed by atoms with Gasteiger partial charge in [-0.25, -0.2) is 0 Å². The maximum absolute atomic E-state index is 11.8. The smallest absolute Gasteiger partial charge is 0.148 e. The van der Waals surface area contributed by atoms with Gasteiger partial charge < -0.3 is 25.1 Å². The Morgan fingerprint density at radius 1 is 1.11 bits per heavy atom. The monoisotopic (exact) mass is 376 g/mol. The van der Waals surface area contributed by atoms with E-state index in [2.05, 4.69) is 52.8 Å². The topological polar surface area (TPSA) is 77.0 Å². The van der Waals surface area contributed by atoms with E-state index in [1.807, 2.05) is 12.1 Å². The zero-order valence-corrected chi connectivity index (χ0v) is 15.9. The Kier molecular flexibility index (Phi) is 4.22. The fourth-order valence-corrected chi connectivity index (χ4v) is 5.26. The second kappa shape index (κ2) is 6.76. The zero-order valence-electron chi connectivity index (χ0n) is 15.9. The molecule has 28 heavy (non-hydrogen) atoms. The Balaban J connectivity index is 1.45. The van der Waals surface area contributed by atoms with Gasteiger partial charge in [0.25, 0.3) is 0 Å². The van der Waals surface area contributed by atoms with Crippen LogP contribution in [0, 0.1) is 0 Å². The molecule has 0 saturated carbocycles. The fourth-order valence-electron chi connectivity index (χ4n) is 5.26. The number of fused-ring (bicyclic) bond motifs is 4. The number of hydrogen-bond acceptors (Lipinski definition) is 2. The van der Waals surface area contributed by atoms with Crippen LogP contribution in [0.4, 0.5) is 0 Å². The minimum atomic E-state index is -0.950. The number of carbonyl (C=O) groups excluding carboxylic acids is 1. The molecular formula is C23H26N3O2+. The number of nitrogens with two attached hydrogens (primary N) is 1. The Morgan fingerprint density at radius 3 is 2.57 bits per heavy atom. The zero-order chi connectivity index (χ0) is 19.1. The predicted octanol–water partition coefficient (Wildman–Crippen LogP) is -0.520. The van der Waals surface area contributed by atoms with Crippen LogP contribution < -0.4 is 15.3 Å². The van der Waals surface area contributed by atoms with E-state index in [9.17, 15) is 9.90 Å². The largest absolute Gasteiger partial charge is 0.544 e. The minimum absolute atomic E-state index is 0.183. The van der Waals surface area contributed by atoms with Crippen LogP contribution in [0.5, 0.6) is 0 Å². The summed E-state index contributed by atoms with van der Waals surface area (Å²) in [6, 6.07) is 18.4. The first-order valence-corrected chi connectivity index (χ1v) is 10.2. The lowest BCUT2D eigenvalue weighted by atomic mass is 9.77. The summed E-state index contributed by atoms with van der Waals surface area (Å²) in [5.74, 6) is -0.950. The average Bonchev–Trinajstić information content (AvgIpc) is 3.10. The van der Waals surface area contributed by atoms with Gasteiger partial charge >= 0.3 is 0 Å². The second-order valence-corrected chi connectivity index (χ2v) is 8.39. The van der Waals surface area contributed by atoms with Gasteiger partial charge in [0.2, 0.25) is 0 Å². The van der Waals surface area contributed by atoms with Gasteiger partial charge in [0.05, 0.1) is 37.6 Å². The minimum Gasteiger partial charge on any atom is -0.544 e. The molecule has 0 amide bonds. The molecule has 144 valence electrons. The number of hydrogen-bond donors (Lipinski definition) is 3. The number of piperidine rings is 1. The quantitative estimate of drug-likeness (QED) is 0.575. The number of carbonyl (C=O) groups is 1. The van der Waals surface area contributed by atoms with E-state index in [0.717, 1.165) is 43.4 Å². The molecule has 1 atom stereocenters. The van der Waals surface area contributed by atoms with Gasteiger partial charge in [-0.05, 0) is 11.6 Å². The van der Waals surface area contributed by atoms with Crippen molar-refractivity contribution in [2.24, 2.45) is 0 Å². The Bertz CT molecular complexity index is 1000. The molecular weight excluding hydrogens is 350 g/mol. The van der Waals surface area contributed by atoms with Crippen molar-refractivity contribution in [2.75, 3.05) is 13.1 Å². The third-order valence-corrected chi connectivity index (χ3v) is 6.70. The number of quaternary nitrogens is 2. The summed E-state index contributed by atoms with van der Waals surface area (Å²) in [6.07, 6.45) is 2.47. The van der Waals surface area contributed by atoms with Crippen LogP contribution in [-0.2, 0) is 23.3 Å². The Labute approximate surface area is 164 Å². The van der Waals surface area contributed by atoms with E-state index in [4.69, 9.17) is 0 Å². The van der Waals surface area contributed by atoms with Crippen molar-refractivity contribution in [3.63, 3.8) is 0 Å². The second-order valence-electron chi connectivity index (χ2n) is 8.39. The first kappa shape index (κ1) is 17.5.